The zero-order valence-corrected chi connectivity index (χ0v) is 13.9. The molecule has 0 unspecified atom stereocenters. The molecule has 2 rings (SSSR count). The van der Waals surface area contributed by atoms with E-state index in [1.165, 1.54) is 38.8 Å². The molecule has 3 heteroatoms. The van der Waals surface area contributed by atoms with Gasteiger partial charge in [0.05, 0.1) is 19.7 Å². The minimum absolute atomic E-state index is 0.0431. The Morgan fingerprint density at radius 1 is 1.15 bits per heavy atom. The van der Waals surface area contributed by atoms with Crippen molar-refractivity contribution >= 4 is 0 Å². The lowest BCUT2D eigenvalue weighted by Gasteiger charge is -2.26. The normalized spacial score (nSPS) is 30.6. The van der Waals surface area contributed by atoms with Crippen LogP contribution >= 0.6 is 0 Å². The fourth-order valence-corrected chi connectivity index (χ4v) is 3.77. The van der Waals surface area contributed by atoms with Gasteiger partial charge in [-0.05, 0) is 37.0 Å². The summed E-state index contributed by atoms with van der Waals surface area (Å²) in [5, 5.41) is 0. The van der Waals surface area contributed by atoms with Crippen molar-refractivity contribution < 1.29 is 14.4 Å². The number of likely N-dealkylation sites (tertiary alicyclic amines) is 1. The molecule has 0 radical (unpaired) electrons. The molecule has 2 aliphatic rings. The lowest BCUT2D eigenvalue weighted by Crippen LogP contribution is -3.13. The molecule has 0 aliphatic carbocycles. The third-order valence-corrected chi connectivity index (χ3v) is 4.44. The quantitative estimate of drug-likeness (QED) is 0.837. The van der Waals surface area contributed by atoms with Gasteiger partial charge in [0, 0.05) is 6.42 Å². The minimum Gasteiger partial charge on any atom is -0.350 e. The highest BCUT2D eigenvalue weighted by Crippen LogP contribution is 2.28. The van der Waals surface area contributed by atoms with Crippen LogP contribution in [0.2, 0.25) is 0 Å². The molecule has 2 saturated heterocycles. The highest BCUT2D eigenvalue weighted by atomic mass is 16.7. The van der Waals surface area contributed by atoms with Gasteiger partial charge in [0.1, 0.15) is 12.6 Å². The van der Waals surface area contributed by atoms with Crippen LogP contribution in [0.25, 0.3) is 0 Å². The minimum atomic E-state index is 0.0431. The largest absolute Gasteiger partial charge is 0.350 e. The number of hydrogen-bond donors (Lipinski definition) is 1. The lowest BCUT2D eigenvalue weighted by atomic mass is 9.84. The first-order chi connectivity index (χ1) is 9.42. The summed E-state index contributed by atoms with van der Waals surface area (Å²) in [5.74, 6) is 0.668. The SMILES string of the molecule is C[C@@H](C[C@@H]1OC[C@H](C[NH+]2CCCCC2)O1)CC(C)(C)C. The van der Waals surface area contributed by atoms with Crippen molar-refractivity contribution in [3.05, 3.63) is 0 Å². The summed E-state index contributed by atoms with van der Waals surface area (Å²) in [6.45, 7) is 13.8. The lowest BCUT2D eigenvalue weighted by molar-refractivity contribution is -0.907. The number of hydrogen-bond acceptors (Lipinski definition) is 2. The first-order valence-corrected chi connectivity index (χ1v) is 8.53. The Morgan fingerprint density at radius 2 is 1.85 bits per heavy atom. The molecule has 20 heavy (non-hydrogen) atoms. The summed E-state index contributed by atoms with van der Waals surface area (Å²) in [5.41, 5.74) is 0.398. The Labute approximate surface area is 125 Å². The Hall–Kier alpha value is -0.120. The molecular formula is C17H34NO2+. The summed E-state index contributed by atoms with van der Waals surface area (Å²) in [6, 6.07) is 0. The number of quaternary nitrogens is 1. The van der Waals surface area contributed by atoms with Crippen molar-refractivity contribution in [2.75, 3.05) is 26.2 Å². The van der Waals surface area contributed by atoms with E-state index in [1.54, 1.807) is 4.90 Å². The van der Waals surface area contributed by atoms with Crippen molar-refractivity contribution in [2.45, 2.75) is 72.2 Å². The van der Waals surface area contributed by atoms with E-state index in [1.807, 2.05) is 0 Å². The molecule has 0 saturated carbocycles. The first kappa shape index (κ1) is 16.3. The molecule has 0 aromatic carbocycles. The van der Waals surface area contributed by atoms with Gasteiger partial charge in [-0.1, -0.05) is 27.7 Å². The van der Waals surface area contributed by atoms with E-state index < -0.39 is 0 Å². The number of nitrogens with one attached hydrogen (secondary N) is 1. The Morgan fingerprint density at radius 3 is 2.50 bits per heavy atom. The van der Waals surface area contributed by atoms with E-state index in [0.717, 1.165) is 19.6 Å². The van der Waals surface area contributed by atoms with Crippen LogP contribution in [0.15, 0.2) is 0 Å². The van der Waals surface area contributed by atoms with Crippen LogP contribution in [-0.2, 0) is 9.47 Å². The van der Waals surface area contributed by atoms with Crippen LogP contribution in [0.5, 0.6) is 0 Å². The summed E-state index contributed by atoms with van der Waals surface area (Å²) in [6.07, 6.45) is 6.83. The summed E-state index contributed by atoms with van der Waals surface area (Å²) < 4.78 is 12.0. The monoisotopic (exact) mass is 284 g/mol. The third kappa shape index (κ3) is 5.71. The molecule has 3 atom stereocenters. The van der Waals surface area contributed by atoms with Gasteiger partial charge < -0.3 is 14.4 Å². The van der Waals surface area contributed by atoms with Crippen molar-refractivity contribution in [2.24, 2.45) is 11.3 Å². The topological polar surface area (TPSA) is 22.9 Å². The average Bonchev–Trinajstić information content (AvgIpc) is 2.75. The standard InChI is InChI=1S/C17H33NO2/c1-14(11-17(2,3)4)10-16-19-13-15(20-16)12-18-8-6-5-7-9-18/h14-16H,5-13H2,1-4H3/p+1/t14-,15-,16+/m0/s1. The van der Waals surface area contributed by atoms with Crippen molar-refractivity contribution in [3.8, 4) is 0 Å². The molecule has 1 N–H and O–H groups in total. The van der Waals surface area contributed by atoms with Gasteiger partial charge in [-0.3, -0.25) is 0 Å². The second-order valence-corrected chi connectivity index (χ2v) is 8.14. The second-order valence-electron chi connectivity index (χ2n) is 8.14. The van der Waals surface area contributed by atoms with E-state index in [2.05, 4.69) is 27.7 Å². The second kappa shape index (κ2) is 7.24. The van der Waals surface area contributed by atoms with Crippen molar-refractivity contribution in [3.63, 3.8) is 0 Å². The predicted molar refractivity (Wildman–Crippen MR) is 81.9 cm³/mol. The van der Waals surface area contributed by atoms with E-state index in [4.69, 9.17) is 9.47 Å². The molecule has 2 fully saturated rings. The van der Waals surface area contributed by atoms with Gasteiger partial charge in [0.2, 0.25) is 0 Å². The highest BCUT2D eigenvalue weighted by Gasteiger charge is 2.31. The fourth-order valence-electron chi connectivity index (χ4n) is 3.77. The first-order valence-electron chi connectivity index (χ1n) is 8.53. The predicted octanol–water partition coefficient (Wildman–Crippen LogP) is 2.26. The van der Waals surface area contributed by atoms with Gasteiger partial charge in [-0.2, -0.15) is 0 Å². The molecule has 0 amide bonds. The van der Waals surface area contributed by atoms with Crippen molar-refractivity contribution in [1.82, 2.24) is 0 Å². The molecule has 118 valence electrons. The Bertz CT molecular complexity index is 281. The van der Waals surface area contributed by atoms with E-state index >= 15 is 0 Å². The Kier molecular flexibility index (Phi) is 5.88. The maximum Gasteiger partial charge on any atom is 0.158 e. The molecule has 0 aromatic rings. The van der Waals surface area contributed by atoms with Crippen molar-refractivity contribution in [1.29, 1.82) is 0 Å². The number of piperidine rings is 1. The smallest absolute Gasteiger partial charge is 0.158 e. The van der Waals surface area contributed by atoms with Crippen LogP contribution in [-0.4, -0.2) is 38.6 Å². The van der Waals surface area contributed by atoms with E-state index in [0.29, 0.717) is 17.4 Å². The van der Waals surface area contributed by atoms with Gasteiger partial charge in [-0.15, -0.1) is 0 Å². The number of ether oxygens (including phenoxy) is 2. The molecule has 3 nitrogen and oxygen atoms in total. The van der Waals surface area contributed by atoms with E-state index in [9.17, 15) is 0 Å². The highest BCUT2D eigenvalue weighted by molar-refractivity contribution is 4.71. The zero-order chi connectivity index (χ0) is 14.6. The summed E-state index contributed by atoms with van der Waals surface area (Å²) in [4.78, 5) is 1.72. The molecule has 0 bridgehead atoms. The van der Waals surface area contributed by atoms with Crippen LogP contribution in [0, 0.1) is 11.3 Å². The number of rotatable bonds is 5. The molecule has 0 aromatic heterocycles. The van der Waals surface area contributed by atoms with Gasteiger partial charge >= 0.3 is 0 Å². The molecule has 2 heterocycles. The van der Waals surface area contributed by atoms with Gasteiger partial charge in [-0.25, -0.2) is 0 Å². The molecule has 2 aliphatic heterocycles. The third-order valence-electron chi connectivity index (χ3n) is 4.44. The van der Waals surface area contributed by atoms with Gasteiger partial charge in [0.25, 0.3) is 0 Å². The van der Waals surface area contributed by atoms with Gasteiger partial charge in [0.15, 0.2) is 6.29 Å². The van der Waals surface area contributed by atoms with E-state index in [-0.39, 0.29) is 6.29 Å². The fraction of sp³-hybridized carbons (Fsp3) is 1.00. The summed E-state index contributed by atoms with van der Waals surface area (Å²) >= 11 is 0. The average molecular weight is 284 g/mol. The van der Waals surface area contributed by atoms with Crippen LogP contribution < -0.4 is 4.90 Å². The molecular weight excluding hydrogens is 250 g/mol. The Balaban J connectivity index is 1.66. The summed E-state index contributed by atoms with van der Waals surface area (Å²) in [7, 11) is 0. The maximum absolute atomic E-state index is 6.11. The maximum atomic E-state index is 6.11. The molecule has 0 spiro atoms. The van der Waals surface area contributed by atoms with Crippen LogP contribution in [0.1, 0.15) is 59.8 Å². The van der Waals surface area contributed by atoms with Crippen LogP contribution in [0.4, 0.5) is 0 Å². The zero-order valence-electron chi connectivity index (χ0n) is 13.9. The van der Waals surface area contributed by atoms with Crippen LogP contribution in [0.3, 0.4) is 0 Å².